The maximum absolute atomic E-state index is 9.51. The SMILES string of the molecule is COc1cc(-c2cnc(C)n2C)ccc1Nc1ncc2cc(C)nc(N3CCC(C)(C#N)CC3)c2n1. The molecule has 184 valence electrons. The highest BCUT2D eigenvalue weighted by Gasteiger charge is 2.31. The van der Waals surface area contributed by atoms with Crippen LogP contribution in [0.3, 0.4) is 0 Å². The summed E-state index contributed by atoms with van der Waals surface area (Å²) < 4.78 is 7.73. The molecule has 4 aromatic rings. The minimum atomic E-state index is -0.283. The van der Waals surface area contributed by atoms with Crippen molar-refractivity contribution >= 4 is 28.4 Å². The molecule has 0 bridgehead atoms. The lowest BCUT2D eigenvalue weighted by atomic mass is 9.82. The van der Waals surface area contributed by atoms with E-state index in [-0.39, 0.29) is 5.41 Å². The van der Waals surface area contributed by atoms with Crippen LogP contribution in [0.1, 0.15) is 31.3 Å². The fraction of sp³-hybridized carbons (Fsp3) is 0.370. The van der Waals surface area contributed by atoms with E-state index in [1.807, 2.05) is 69.0 Å². The zero-order valence-corrected chi connectivity index (χ0v) is 21.3. The van der Waals surface area contributed by atoms with Gasteiger partial charge in [0, 0.05) is 43.0 Å². The van der Waals surface area contributed by atoms with Gasteiger partial charge in [0.1, 0.15) is 17.1 Å². The highest BCUT2D eigenvalue weighted by molar-refractivity contribution is 5.89. The molecule has 4 heterocycles. The van der Waals surface area contributed by atoms with Gasteiger partial charge >= 0.3 is 0 Å². The number of nitrogens with one attached hydrogen (secondary N) is 1. The standard InChI is InChI=1S/C27H30N8O/c1-17-12-20-14-30-26(33-24(20)25(31-17)35-10-8-27(3,16-28)9-11-35)32-21-7-6-19(13-23(21)36-5)22-15-29-18(2)34(22)4/h6-7,12-15H,8-11H2,1-5H3,(H,30,32,33). The number of anilines is 3. The van der Waals surface area contributed by atoms with Crippen LogP contribution in [0.5, 0.6) is 5.75 Å². The number of methoxy groups -OCH3 is 1. The van der Waals surface area contributed by atoms with Gasteiger partial charge in [0.15, 0.2) is 5.82 Å². The largest absolute Gasteiger partial charge is 0.495 e. The lowest BCUT2D eigenvalue weighted by molar-refractivity contribution is 0.336. The van der Waals surface area contributed by atoms with Gasteiger partial charge in [-0.25, -0.2) is 19.9 Å². The predicted molar refractivity (Wildman–Crippen MR) is 140 cm³/mol. The van der Waals surface area contributed by atoms with E-state index < -0.39 is 0 Å². The van der Waals surface area contributed by atoms with Crippen LogP contribution in [0.25, 0.3) is 22.2 Å². The molecular formula is C27H30N8O. The number of hydrogen-bond donors (Lipinski definition) is 1. The number of aryl methyl sites for hydroxylation is 2. The molecule has 1 fully saturated rings. The van der Waals surface area contributed by atoms with Gasteiger partial charge in [0.05, 0.1) is 36.2 Å². The van der Waals surface area contributed by atoms with E-state index in [0.717, 1.165) is 71.1 Å². The van der Waals surface area contributed by atoms with E-state index >= 15 is 0 Å². The van der Waals surface area contributed by atoms with Crippen molar-refractivity contribution in [2.45, 2.75) is 33.6 Å². The van der Waals surface area contributed by atoms with E-state index in [1.54, 1.807) is 7.11 Å². The van der Waals surface area contributed by atoms with E-state index in [0.29, 0.717) is 11.7 Å². The van der Waals surface area contributed by atoms with E-state index in [9.17, 15) is 5.26 Å². The molecule has 0 unspecified atom stereocenters. The second-order valence-electron chi connectivity index (χ2n) is 9.67. The highest BCUT2D eigenvalue weighted by atomic mass is 16.5. The lowest BCUT2D eigenvalue weighted by Gasteiger charge is -2.36. The Morgan fingerprint density at radius 1 is 1.08 bits per heavy atom. The maximum Gasteiger partial charge on any atom is 0.227 e. The summed E-state index contributed by atoms with van der Waals surface area (Å²) in [7, 11) is 3.64. The van der Waals surface area contributed by atoms with Gasteiger partial charge in [0.25, 0.3) is 0 Å². The van der Waals surface area contributed by atoms with Crippen molar-refractivity contribution in [3.63, 3.8) is 0 Å². The summed E-state index contributed by atoms with van der Waals surface area (Å²) in [5.74, 6) is 2.94. The fourth-order valence-corrected chi connectivity index (χ4v) is 4.60. The number of nitrogens with zero attached hydrogens (tertiary/aromatic N) is 7. The number of imidazole rings is 1. The molecule has 1 aliphatic rings. The van der Waals surface area contributed by atoms with Crippen LogP contribution in [0.15, 0.2) is 36.7 Å². The third-order valence-electron chi connectivity index (χ3n) is 7.08. The number of ether oxygens (including phenoxy) is 1. The Kier molecular flexibility index (Phi) is 5.96. The van der Waals surface area contributed by atoms with Gasteiger partial charge < -0.3 is 19.5 Å². The zero-order chi connectivity index (χ0) is 25.4. The summed E-state index contributed by atoms with van der Waals surface area (Å²) in [6.07, 6.45) is 5.29. The predicted octanol–water partition coefficient (Wildman–Crippen LogP) is 4.92. The first kappa shape index (κ1) is 23.5. The molecule has 0 aliphatic carbocycles. The zero-order valence-electron chi connectivity index (χ0n) is 21.3. The molecule has 36 heavy (non-hydrogen) atoms. The van der Waals surface area contributed by atoms with Crippen LogP contribution in [0.2, 0.25) is 0 Å². The Balaban J connectivity index is 1.47. The second-order valence-corrected chi connectivity index (χ2v) is 9.67. The fourth-order valence-electron chi connectivity index (χ4n) is 4.60. The van der Waals surface area contributed by atoms with Gasteiger partial charge in [0.2, 0.25) is 5.95 Å². The van der Waals surface area contributed by atoms with Crippen molar-refractivity contribution in [1.82, 2.24) is 24.5 Å². The molecule has 0 amide bonds. The quantitative estimate of drug-likeness (QED) is 0.427. The van der Waals surface area contributed by atoms with Gasteiger partial charge in [-0.3, -0.25) is 0 Å². The summed E-state index contributed by atoms with van der Waals surface area (Å²) >= 11 is 0. The molecule has 0 spiro atoms. The molecule has 3 aromatic heterocycles. The van der Waals surface area contributed by atoms with Crippen LogP contribution >= 0.6 is 0 Å². The number of pyridine rings is 1. The molecule has 1 N–H and O–H groups in total. The molecule has 1 aliphatic heterocycles. The van der Waals surface area contributed by atoms with Crippen molar-refractivity contribution in [3.8, 4) is 23.1 Å². The smallest absolute Gasteiger partial charge is 0.227 e. The van der Waals surface area contributed by atoms with Gasteiger partial charge in [-0.2, -0.15) is 5.26 Å². The molecule has 0 saturated carbocycles. The third-order valence-corrected chi connectivity index (χ3v) is 7.08. The molecule has 0 radical (unpaired) electrons. The number of benzene rings is 1. The van der Waals surface area contributed by atoms with Crippen LogP contribution in [0.4, 0.5) is 17.5 Å². The second kappa shape index (κ2) is 9.11. The molecule has 5 rings (SSSR count). The lowest BCUT2D eigenvalue weighted by Crippen LogP contribution is -2.38. The number of nitriles is 1. The topological polar surface area (TPSA) is 105 Å². The Bertz CT molecular complexity index is 1480. The van der Waals surface area contributed by atoms with Gasteiger partial charge in [-0.15, -0.1) is 0 Å². The summed E-state index contributed by atoms with van der Waals surface area (Å²) in [5, 5.41) is 13.8. The number of piperidine rings is 1. The Hall–Kier alpha value is -4.19. The maximum atomic E-state index is 9.51. The Labute approximate surface area is 210 Å². The van der Waals surface area contributed by atoms with Crippen molar-refractivity contribution in [3.05, 3.63) is 48.2 Å². The summed E-state index contributed by atoms with van der Waals surface area (Å²) in [6, 6.07) is 10.4. The van der Waals surface area contributed by atoms with Crippen molar-refractivity contribution in [2.75, 3.05) is 30.4 Å². The first-order valence-electron chi connectivity index (χ1n) is 12.0. The van der Waals surface area contributed by atoms with Crippen molar-refractivity contribution < 1.29 is 4.74 Å². The average Bonchev–Trinajstić information content (AvgIpc) is 3.22. The number of rotatable bonds is 5. The summed E-state index contributed by atoms with van der Waals surface area (Å²) in [6.45, 7) is 7.53. The number of aromatic nitrogens is 5. The summed E-state index contributed by atoms with van der Waals surface area (Å²) in [4.78, 5) is 20.9. The monoisotopic (exact) mass is 482 g/mol. The number of hydrogen-bond acceptors (Lipinski definition) is 8. The first-order chi connectivity index (χ1) is 17.3. The minimum Gasteiger partial charge on any atom is -0.495 e. The minimum absolute atomic E-state index is 0.283. The van der Waals surface area contributed by atoms with E-state index in [1.165, 1.54) is 0 Å². The molecule has 9 heteroatoms. The van der Waals surface area contributed by atoms with Crippen molar-refractivity contribution in [1.29, 1.82) is 5.26 Å². The van der Waals surface area contributed by atoms with E-state index in [4.69, 9.17) is 14.7 Å². The molecule has 0 atom stereocenters. The van der Waals surface area contributed by atoms with Crippen LogP contribution in [-0.4, -0.2) is 44.7 Å². The highest BCUT2D eigenvalue weighted by Crippen LogP contribution is 2.35. The van der Waals surface area contributed by atoms with Crippen LogP contribution in [-0.2, 0) is 7.05 Å². The molecule has 9 nitrogen and oxygen atoms in total. The van der Waals surface area contributed by atoms with Crippen LogP contribution in [0, 0.1) is 30.6 Å². The van der Waals surface area contributed by atoms with E-state index in [2.05, 4.69) is 26.3 Å². The third kappa shape index (κ3) is 4.31. The average molecular weight is 483 g/mol. The molecular weight excluding hydrogens is 452 g/mol. The normalized spacial score (nSPS) is 15.1. The van der Waals surface area contributed by atoms with Gasteiger partial charge in [-0.1, -0.05) is 6.07 Å². The van der Waals surface area contributed by atoms with Crippen LogP contribution < -0.4 is 15.0 Å². The Morgan fingerprint density at radius 3 is 2.53 bits per heavy atom. The van der Waals surface area contributed by atoms with Gasteiger partial charge in [-0.05, 0) is 51.8 Å². The molecule has 1 aromatic carbocycles. The molecule has 1 saturated heterocycles. The van der Waals surface area contributed by atoms with Crippen molar-refractivity contribution in [2.24, 2.45) is 12.5 Å². The first-order valence-corrected chi connectivity index (χ1v) is 12.0. The Morgan fingerprint density at radius 2 is 1.86 bits per heavy atom. The summed E-state index contributed by atoms with van der Waals surface area (Å²) in [5.41, 5.74) is 4.21. The number of fused-ring (bicyclic) bond motifs is 1.